The molecule has 2 fully saturated rings. The van der Waals surface area contributed by atoms with Gasteiger partial charge in [0.15, 0.2) is 0 Å². The predicted molar refractivity (Wildman–Crippen MR) is 86.0 cm³/mol. The summed E-state index contributed by atoms with van der Waals surface area (Å²) in [5, 5.41) is 0. The highest BCUT2D eigenvalue weighted by molar-refractivity contribution is 4.95. The van der Waals surface area contributed by atoms with Crippen LogP contribution in [0.5, 0.6) is 0 Å². The second kappa shape index (κ2) is 5.61. The van der Waals surface area contributed by atoms with Gasteiger partial charge >= 0.3 is 0 Å². The molecule has 2 rings (SSSR count). The lowest BCUT2D eigenvalue weighted by Gasteiger charge is -2.50. The van der Waals surface area contributed by atoms with Crippen LogP contribution >= 0.6 is 0 Å². The molecule has 1 spiro atoms. The zero-order chi connectivity index (χ0) is 15.0. The molecule has 1 aliphatic heterocycles. The van der Waals surface area contributed by atoms with Crippen molar-refractivity contribution in [2.45, 2.75) is 84.8 Å². The summed E-state index contributed by atoms with van der Waals surface area (Å²) in [6.45, 7) is 17.3. The van der Waals surface area contributed by atoms with E-state index in [1.165, 1.54) is 32.1 Å². The van der Waals surface area contributed by atoms with E-state index in [-0.39, 0.29) is 11.1 Å². The highest BCUT2D eigenvalue weighted by Gasteiger charge is 2.42. The van der Waals surface area contributed by atoms with Crippen LogP contribution in [0.3, 0.4) is 0 Å². The van der Waals surface area contributed by atoms with Gasteiger partial charge in [-0.25, -0.2) is 0 Å². The Balaban J connectivity index is 1.91. The lowest BCUT2D eigenvalue weighted by molar-refractivity contribution is -0.149. The van der Waals surface area contributed by atoms with Crippen LogP contribution in [0.15, 0.2) is 0 Å². The first-order valence-electron chi connectivity index (χ1n) is 8.49. The molecule has 0 radical (unpaired) electrons. The number of rotatable bonds is 1. The molecule has 0 aromatic rings. The molecule has 2 nitrogen and oxygen atoms in total. The average molecular weight is 281 g/mol. The van der Waals surface area contributed by atoms with Gasteiger partial charge in [-0.15, -0.1) is 0 Å². The van der Waals surface area contributed by atoms with Crippen molar-refractivity contribution < 1.29 is 4.74 Å². The fourth-order valence-corrected chi connectivity index (χ4v) is 3.99. The summed E-state index contributed by atoms with van der Waals surface area (Å²) < 4.78 is 6.27. The van der Waals surface area contributed by atoms with Gasteiger partial charge in [-0.1, -0.05) is 20.8 Å². The smallest absolute Gasteiger partial charge is 0.0809 e. The molecular weight excluding hydrogens is 246 g/mol. The molecule has 1 saturated carbocycles. The maximum atomic E-state index is 6.27. The van der Waals surface area contributed by atoms with E-state index in [9.17, 15) is 0 Å². The van der Waals surface area contributed by atoms with E-state index >= 15 is 0 Å². The van der Waals surface area contributed by atoms with Gasteiger partial charge in [0.1, 0.15) is 0 Å². The van der Waals surface area contributed by atoms with Gasteiger partial charge in [0, 0.05) is 18.6 Å². The largest absolute Gasteiger partial charge is 0.372 e. The van der Waals surface area contributed by atoms with Crippen LogP contribution in [0.4, 0.5) is 0 Å². The number of nitrogens with zero attached hydrogens (tertiary/aromatic N) is 1. The summed E-state index contributed by atoms with van der Waals surface area (Å²) >= 11 is 0. The van der Waals surface area contributed by atoms with Crippen molar-refractivity contribution in [3.8, 4) is 0 Å². The number of hydrogen-bond donors (Lipinski definition) is 0. The molecular formula is C18H35NO. The van der Waals surface area contributed by atoms with E-state index in [0.29, 0.717) is 5.41 Å². The third-order valence-corrected chi connectivity index (χ3v) is 5.11. The summed E-state index contributed by atoms with van der Waals surface area (Å²) in [5.41, 5.74) is 0.916. The van der Waals surface area contributed by atoms with Gasteiger partial charge < -0.3 is 4.74 Å². The van der Waals surface area contributed by atoms with E-state index < -0.39 is 0 Å². The summed E-state index contributed by atoms with van der Waals surface area (Å²) in [6, 6.07) is 0. The Bertz CT molecular complexity index is 315. The molecule has 1 aliphatic carbocycles. The maximum absolute atomic E-state index is 6.27. The number of morpholine rings is 1. The van der Waals surface area contributed by atoms with Gasteiger partial charge in [-0.3, -0.25) is 4.90 Å². The Morgan fingerprint density at radius 3 is 2.15 bits per heavy atom. The van der Waals surface area contributed by atoms with Crippen LogP contribution < -0.4 is 0 Å². The molecule has 20 heavy (non-hydrogen) atoms. The average Bonchev–Trinajstić information content (AvgIpc) is 2.30. The summed E-state index contributed by atoms with van der Waals surface area (Å²) in [6.07, 6.45) is 6.61. The molecule has 0 aromatic carbocycles. The predicted octanol–water partition coefficient (Wildman–Crippen LogP) is 4.48. The van der Waals surface area contributed by atoms with E-state index in [0.717, 1.165) is 25.6 Å². The van der Waals surface area contributed by atoms with Crippen molar-refractivity contribution in [3.05, 3.63) is 0 Å². The van der Waals surface area contributed by atoms with Crippen molar-refractivity contribution in [2.24, 2.45) is 11.3 Å². The quantitative estimate of drug-likeness (QED) is 0.702. The summed E-state index contributed by atoms with van der Waals surface area (Å²) in [4.78, 5) is 2.63. The third kappa shape index (κ3) is 4.21. The van der Waals surface area contributed by atoms with Gasteiger partial charge in [0.25, 0.3) is 0 Å². The van der Waals surface area contributed by atoms with Crippen LogP contribution in [0.25, 0.3) is 0 Å². The monoisotopic (exact) mass is 281 g/mol. The molecule has 1 heterocycles. The molecule has 0 N–H and O–H groups in total. The van der Waals surface area contributed by atoms with Gasteiger partial charge in [0.2, 0.25) is 0 Å². The highest BCUT2D eigenvalue weighted by atomic mass is 16.5. The Kier molecular flexibility index (Phi) is 4.57. The third-order valence-electron chi connectivity index (χ3n) is 5.11. The SMILES string of the molecule is CC(C)(C)CC1CCC2(CC1)CN(C(C)(C)C)CCO2. The second-order valence-electron chi connectivity index (χ2n) is 9.33. The first kappa shape index (κ1) is 16.3. The zero-order valence-electron chi connectivity index (χ0n) is 14.6. The molecule has 2 heteroatoms. The van der Waals surface area contributed by atoms with Gasteiger partial charge in [0.05, 0.1) is 12.2 Å². The van der Waals surface area contributed by atoms with Crippen LogP contribution in [0, 0.1) is 11.3 Å². The molecule has 1 saturated heterocycles. The molecule has 0 bridgehead atoms. The Morgan fingerprint density at radius 1 is 1.05 bits per heavy atom. The molecule has 0 amide bonds. The van der Waals surface area contributed by atoms with Crippen LogP contribution in [0.1, 0.15) is 73.6 Å². The maximum Gasteiger partial charge on any atom is 0.0809 e. The first-order chi connectivity index (χ1) is 9.10. The number of hydrogen-bond acceptors (Lipinski definition) is 2. The normalized spacial score (nSPS) is 33.6. The Labute approximate surface area is 126 Å². The lowest BCUT2D eigenvalue weighted by atomic mass is 9.72. The molecule has 0 atom stereocenters. The van der Waals surface area contributed by atoms with E-state index in [1.807, 2.05) is 0 Å². The van der Waals surface area contributed by atoms with Crippen molar-refractivity contribution >= 4 is 0 Å². The molecule has 2 aliphatic rings. The highest BCUT2D eigenvalue weighted by Crippen LogP contribution is 2.42. The minimum atomic E-state index is 0.167. The van der Waals surface area contributed by atoms with Crippen LogP contribution in [-0.4, -0.2) is 35.7 Å². The van der Waals surface area contributed by atoms with Crippen LogP contribution in [-0.2, 0) is 4.74 Å². The van der Waals surface area contributed by atoms with Crippen molar-refractivity contribution in [1.29, 1.82) is 0 Å². The lowest BCUT2D eigenvalue weighted by Crippen LogP contribution is -2.58. The molecule has 0 aromatic heterocycles. The van der Waals surface area contributed by atoms with Crippen molar-refractivity contribution in [3.63, 3.8) is 0 Å². The fraction of sp³-hybridized carbons (Fsp3) is 1.00. The van der Waals surface area contributed by atoms with Crippen molar-refractivity contribution in [2.75, 3.05) is 19.7 Å². The van der Waals surface area contributed by atoms with Gasteiger partial charge in [-0.05, 0) is 64.2 Å². The first-order valence-corrected chi connectivity index (χ1v) is 8.49. The molecule has 118 valence electrons. The standard InChI is InChI=1S/C18H35NO/c1-16(2,3)13-15-7-9-18(10-8-15)14-19(11-12-20-18)17(4,5)6/h15H,7-14H2,1-6H3. The topological polar surface area (TPSA) is 12.5 Å². The van der Waals surface area contributed by atoms with E-state index in [2.05, 4.69) is 46.4 Å². The van der Waals surface area contributed by atoms with E-state index in [1.54, 1.807) is 0 Å². The zero-order valence-corrected chi connectivity index (χ0v) is 14.6. The fourth-order valence-electron chi connectivity index (χ4n) is 3.99. The summed E-state index contributed by atoms with van der Waals surface area (Å²) in [5.74, 6) is 0.911. The van der Waals surface area contributed by atoms with E-state index in [4.69, 9.17) is 4.74 Å². The summed E-state index contributed by atoms with van der Waals surface area (Å²) in [7, 11) is 0. The Hall–Kier alpha value is -0.0800. The van der Waals surface area contributed by atoms with Gasteiger partial charge in [-0.2, -0.15) is 0 Å². The Morgan fingerprint density at radius 2 is 1.65 bits per heavy atom. The number of ether oxygens (including phenoxy) is 1. The van der Waals surface area contributed by atoms with Crippen LogP contribution in [0.2, 0.25) is 0 Å². The van der Waals surface area contributed by atoms with Crippen molar-refractivity contribution in [1.82, 2.24) is 4.90 Å². The minimum Gasteiger partial charge on any atom is -0.372 e. The second-order valence-corrected chi connectivity index (χ2v) is 9.33. The molecule has 0 unspecified atom stereocenters. The minimum absolute atomic E-state index is 0.167.